The van der Waals surface area contributed by atoms with Gasteiger partial charge in [-0.1, -0.05) is 12.1 Å². The highest BCUT2D eigenvalue weighted by Crippen LogP contribution is 2.25. The van der Waals surface area contributed by atoms with E-state index in [1.807, 2.05) is 0 Å². The molecular formula is C12H15BrN2O3S. The van der Waals surface area contributed by atoms with Crippen LogP contribution in [0.25, 0.3) is 0 Å². The first-order valence-corrected chi connectivity index (χ1v) is 8.15. The molecule has 0 radical (unpaired) electrons. The zero-order valence-electron chi connectivity index (χ0n) is 10.5. The molecule has 1 aromatic carbocycles. The quantitative estimate of drug-likeness (QED) is 0.810. The van der Waals surface area contributed by atoms with Crippen molar-refractivity contribution in [1.82, 2.24) is 9.21 Å². The van der Waals surface area contributed by atoms with E-state index in [9.17, 15) is 13.2 Å². The van der Waals surface area contributed by atoms with Crippen LogP contribution in [0.2, 0.25) is 0 Å². The number of nitrogens with zero attached hydrogens (tertiary/aromatic N) is 2. The number of halogens is 1. The third kappa shape index (κ3) is 2.98. The Hall–Kier alpha value is -0.920. The fourth-order valence-corrected chi connectivity index (χ4v) is 4.35. The van der Waals surface area contributed by atoms with Crippen molar-refractivity contribution < 1.29 is 13.2 Å². The summed E-state index contributed by atoms with van der Waals surface area (Å²) in [5.74, 6) is -0.173. The number of hydrogen-bond acceptors (Lipinski definition) is 3. The van der Waals surface area contributed by atoms with Crippen molar-refractivity contribution in [2.24, 2.45) is 0 Å². The zero-order valence-corrected chi connectivity index (χ0v) is 12.9. The molecule has 0 aromatic heterocycles. The summed E-state index contributed by atoms with van der Waals surface area (Å²) in [7, 11) is -1.94. The molecule has 19 heavy (non-hydrogen) atoms. The average molecular weight is 347 g/mol. The number of hydrogen-bond donors (Lipinski definition) is 0. The Morgan fingerprint density at radius 3 is 2.58 bits per heavy atom. The summed E-state index contributed by atoms with van der Waals surface area (Å²) in [4.78, 5) is 13.6. The molecule has 104 valence electrons. The van der Waals surface area contributed by atoms with E-state index in [4.69, 9.17) is 0 Å². The molecule has 1 aliphatic rings. The second kappa shape index (κ2) is 5.60. The van der Waals surface area contributed by atoms with Crippen LogP contribution in [-0.2, 0) is 14.8 Å². The van der Waals surface area contributed by atoms with Gasteiger partial charge in [0.05, 0.1) is 11.4 Å². The maximum absolute atomic E-state index is 12.5. The van der Waals surface area contributed by atoms with Gasteiger partial charge in [0.2, 0.25) is 15.9 Å². The van der Waals surface area contributed by atoms with Crippen LogP contribution in [0, 0.1) is 0 Å². The predicted octanol–water partition coefficient (Wildman–Crippen LogP) is 1.30. The number of rotatable bonds is 2. The van der Waals surface area contributed by atoms with Crippen LogP contribution in [0.4, 0.5) is 0 Å². The van der Waals surface area contributed by atoms with Gasteiger partial charge in [0, 0.05) is 24.6 Å². The first-order valence-electron chi connectivity index (χ1n) is 5.91. The molecule has 1 amide bonds. The van der Waals surface area contributed by atoms with E-state index in [0.29, 0.717) is 24.0 Å². The van der Waals surface area contributed by atoms with E-state index < -0.39 is 10.0 Å². The number of amides is 1. The van der Waals surface area contributed by atoms with Gasteiger partial charge in [-0.15, -0.1) is 0 Å². The van der Waals surface area contributed by atoms with Gasteiger partial charge in [-0.3, -0.25) is 4.79 Å². The molecule has 1 fully saturated rings. The molecule has 7 heteroatoms. The molecular weight excluding hydrogens is 332 g/mol. The van der Waals surface area contributed by atoms with Gasteiger partial charge in [-0.05, 0) is 34.5 Å². The van der Waals surface area contributed by atoms with Crippen LogP contribution in [-0.4, -0.2) is 50.2 Å². The van der Waals surface area contributed by atoms with Gasteiger partial charge in [-0.25, -0.2) is 8.42 Å². The van der Waals surface area contributed by atoms with E-state index >= 15 is 0 Å². The van der Waals surface area contributed by atoms with Crippen LogP contribution in [0.15, 0.2) is 33.6 Å². The van der Waals surface area contributed by atoms with Crippen molar-refractivity contribution in [3.05, 3.63) is 28.7 Å². The molecule has 0 saturated carbocycles. The van der Waals surface area contributed by atoms with Crippen molar-refractivity contribution in [1.29, 1.82) is 0 Å². The molecule has 0 N–H and O–H groups in total. The molecule has 0 bridgehead atoms. The minimum Gasteiger partial charge on any atom is -0.345 e. The highest BCUT2D eigenvalue weighted by Gasteiger charge is 2.30. The first-order chi connectivity index (χ1) is 8.93. The van der Waals surface area contributed by atoms with Crippen molar-refractivity contribution in [2.75, 3.05) is 26.7 Å². The lowest BCUT2D eigenvalue weighted by Crippen LogP contribution is -2.38. The van der Waals surface area contributed by atoms with E-state index in [2.05, 4.69) is 15.9 Å². The minimum absolute atomic E-state index is 0.0971. The van der Waals surface area contributed by atoms with Crippen molar-refractivity contribution in [3.8, 4) is 0 Å². The summed E-state index contributed by atoms with van der Waals surface area (Å²) in [6.45, 7) is 0.848. The Kier molecular flexibility index (Phi) is 4.27. The molecule has 2 rings (SSSR count). The van der Waals surface area contributed by atoms with Gasteiger partial charge in [0.15, 0.2) is 0 Å². The Bertz CT molecular complexity index is 588. The van der Waals surface area contributed by atoms with Gasteiger partial charge in [-0.2, -0.15) is 4.31 Å². The highest BCUT2D eigenvalue weighted by molar-refractivity contribution is 9.10. The van der Waals surface area contributed by atoms with Crippen LogP contribution in [0.1, 0.15) is 6.42 Å². The lowest BCUT2D eigenvalue weighted by Gasteiger charge is -2.20. The van der Waals surface area contributed by atoms with Crippen molar-refractivity contribution >= 4 is 31.9 Å². The third-order valence-electron chi connectivity index (χ3n) is 3.09. The normalized spacial score (nSPS) is 18.4. The number of sulfonamides is 1. The zero-order chi connectivity index (χ0) is 14.0. The fourth-order valence-electron chi connectivity index (χ4n) is 1.96. The van der Waals surface area contributed by atoms with E-state index in [1.165, 1.54) is 4.31 Å². The molecule has 1 saturated heterocycles. The van der Waals surface area contributed by atoms with Gasteiger partial charge in [0.25, 0.3) is 0 Å². The van der Waals surface area contributed by atoms with Gasteiger partial charge < -0.3 is 4.90 Å². The number of carbonyl (C=O) groups excluding carboxylic acids is 1. The molecule has 1 aromatic rings. The Morgan fingerprint density at radius 2 is 1.89 bits per heavy atom. The summed E-state index contributed by atoms with van der Waals surface area (Å²) in [5, 5.41) is 0. The molecule has 1 aliphatic heterocycles. The third-order valence-corrected chi connectivity index (χ3v) is 5.95. The molecule has 0 aliphatic carbocycles. The Labute approximate surface area is 121 Å². The second-order valence-corrected chi connectivity index (χ2v) is 7.20. The van der Waals surface area contributed by atoms with Crippen LogP contribution < -0.4 is 0 Å². The average Bonchev–Trinajstić information content (AvgIpc) is 2.53. The van der Waals surface area contributed by atoms with Crippen molar-refractivity contribution in [3.63, 3.8) is 0 Å². The second-order valence-electron chi connectivity index (χ2n) is 4.44. The SMILES string of the molecule is CN1CCCN(S(=O)(=O)c2ccccc2Br)CC1=O. The Morgan fingerprint density at radius 1 is 1.21 bits per heavy atom. The summed E-state index contributed by atoms with van der Waals surface area (Å²) < 4.78 is 26.8. The number of benzene rings is 1. The van der Waals surface area contributed by atoms with E-state index in [0.717, 1.165) is 0 Å². The lowest BCUT2D eigenvalue weighted by atomic mass is 10.4. The van der Waals surface area contributed by atoms with E-state index in [-0.39, 0.29) is 17.3 Å². The maximum atomic E-state index is 12.5. The smallest absolute Gasteiger partial charge is 0.244 e. The standard InChI is InChI=1S/C12H15BrN2O3S/c1-14-7-4-8-15(9-12(14)16)19(17,18)11-6-3-2-5-10(11)13/h2-3,5-6H,4,7-9H2,1H3. The van der Waals surface area contributed by atoms with Crippen LogP contribution in [0.3, 0.4) is 0 Å². The summed E-state index contributed by atoms with van der Waals surface area (Å²) in [6.07, 6.45) is 0.645. The fraction of sp³-hybridized carbons (Fsp3) is 0.417. The maximum Gasteiger partial charge on any atom is 0.244 e. The van der Waals surface area contributed by atoms with Crippen LogP contribution in [0.5, 0.6) is 0 Å². The monoisotopic (exact) mass is 346 g/mol. The van der Waals surface area contributed by atoms with Gasteiger partial charge >= 0.3 is 0 Å². The molecule has 0 spiro atoms. The summed E-state index contributed by atoms with van der Waals surface area (Å²) in [6, 6.07) is 6.64. The molecule has 0 atom stereocenters. The van der Waals surface area contributed by atoms with E-state index in [1.54, 1.807) is 36.2 Å². The molecule has 0 unspecified atom stereocenters. The Balaban J connectivity index is 2.35. The highest BCUT2D eigenvalue weighted by atomic mass is 79.9. The largest absolute Gasteiger partial charge is 0.345 e. The predicted molar refractivity (Wildman–Crippen MR) is 75.2 cm³/mol. The van der Waals surface area contributed by atoms with Crippen LogP contribution >= 0.6 is 15.9 Å². The summed E-state index contributed by atoms with van der Waals surface area (Å²) in [5.41, 5.74) is 0. The molecule has 5 nitrogen and oxygen atoms in total. The lowest BCUT2D eigenvalue weighted by molar-refractivity contribution is -0.129. The topological polar surface area (TPSA) is 57.7 Å². The number of carbonyl (C=O) groups is 1. The van der Waals surface area contributed by atoms with Crippen molar-refractivity contribution in [2.45, 2.75) is 11.3 Å². The summed E-state index contributed by atoms with van der Waals surface area (Å²) >= 11 is 3.24. The van der Waals surface area contributed by atoms with Gasteiger partial charge in [0.1, 0.15) is 0 Å². The molecule has 1 heterocycles. The first kappa shape index (κ1) is 14.5. The number of likely N-dealkylation sites (N-methyl/N-ethyl adjacent to an activating group) is 1. The minimum atomic E-state index is -3.63.